The van der Waals surface area contributed by atoms with Crippen molar-refractivity contribution in [1.29, 1.82) is 0 Å². The van der Waals surface area contributed by atoms with Gasteiger partial charge in [-0.25, -0.2) is 0 Å². The van der Waals surface area contributed by atoms with Gasteiger partial charge in [0.25, 0.3) is 0 Å². The molecule has 0 aromatic heterocycles. The first kappa shape index (κ1) is 19.0. The summed E-state index contributed by atoms with van der Waals surface area (Å²) in [6.45, 7) is 0. The predicted octanol–water partition coefficient (Wildman–Crippen LogP) is -1.88. The third kappa shape index (κ3) is 526. The van der Waals surface area contributed by atoms with Gasteiger partial charge in [-0.3, -0.25) is 4.79 Å². The van der Waals surface area contributed by atoms with Gasteiger partial charge in [-0.15, -0.1) is 0 Å². The van der Waals surface area contributed by atoms with Crippen LogP contribution in [0.4, 0.5) is 0 Å². The summed E-state index contributed by atoms with van der Waals surface area (Å²) in [5, 5.41) is 0. The molecule has 0 saturated carbocycles. The van der Waals surface area contributed by atoms with Gasteiger partial charge in [0.1, 0.15) is 0 Å². The standard InChI is InChI=1S/CH3NO.Mg.H2O.2H/c2-1-3;;;;/h1H,(H2,2,3);;1H2;;/q;+2;;2*-1. The molecule has 0 aliphatic rings. The van der Waals surface area contributed by atoms with Crippen LogP contribution in [0, 0.1) is 0 Å². The molecule has 3 nitrogen and oxygen atoms in total. The van der Waals surface area contributed by atoms with Crippen molar-refractivity contribution in [1.82, 2.24) is 0 Å². The maximum Gasteiger partial charge on any atom is 2.00 e. The first-order chi connectivity index (χ1) is 1.41. The second-order valence-corrected chi connectivity index (χ2v) is 0.136. The van der Waals surface area contributed by atoms with E-state index in [1.807, 2.05) is 0 Å². The fraction of sp³-hybridized carbons (Fsp3) is 0. The average Bonchev–Trinajstić information content (AvgIpc) is 0.918. The molecule has 0 atom stereocenters. The van der Waals surface area contributed by atoms with Gasteiger partial charge in [0.2, 0.25) is 6.41 Å². The van der Waals surface area contributed by atoms with Gasteiger partial charge < -0.3 is 14.1 Å². The molecule has 0 aromatic carbocycles. The maximum atomic E-state index is 8.58. The zero-order chi connectivity index (χ0) is 2.71. The molecule has 4 heteroatoms. The maximum absolute atomic E-state index is 8.58. The molecule has 0 saturated heterocycles. The van der Waals surface area contributed by atoms with E-state index in [9.17, 15) is 0 Å². The minimum Gasteiger partial charge on any atom is -1.00 e. The Balaban J connectivity index is -0.00000000333. The van der Waals surface area contributed by atoms with Crippen LogP contribution in [0.1, 0.15) is 2.85 Å². The molecule has 4 N–H and O–H groups in total. The van der Waals surface area contributed by atoms with Crippen LogP contribution in [0.15, 0.2) is 0 Å². The zero-order valence-corrected chi connectivity index (χ0v) is 4.18. The van der Waals surface area contributed by atoms with Crippen LogP contribution in [0.3, 0.4) is 0 Å². The Bertz CT molecular complexity index is 23.2. The number of primary amides is 1. The molecule has 0 unspecified atom stereocenters. The van der Waals surface area contributed by atoms with E-state index in [0.717, 1.165) is 0 Å². The van der Waals surface area contributed by atoms with Crippen LogP contribution in [0.5, 0.6) is 0 Å². The molecular formula is CH7MgNO2. The third-order valence-electron chi connectivity index (χ3n) is 0. The van der Waals surface area contributed by atoms with Crippen LogP contribution >= 0.6 is 0 Å². The van der Waals surface area contributed by atoms with E-state index in [1.165, 1.54) is 0 Å². The summed E-state index contributed by atoms with van der Waals surface area (Å²) in [5.74, 6) is 0. The molecule has 0 heterocycles. The van der Waals surface area contributed by atoms with Gasteiger partial charge >= 0.3 is 23.1 Å². The summed E-state index contributed by atoms with van der Waals surface area (Å²) in [6, 6.07) is 0. The Morgan fingerprint density at radius 1 is 1.80 bits per heavy atom. The van der Waals surface area contributed by atoms with Crippen molar-refractivity contribution in [2.24, 2.45) is 5.73 Å². The number of carbonyl (C=O) groups excluding carboxylic acids is 1. The second kappa shape index (κ2) is 30.0. The van der Waals surface area contributed by atoms with E-state index in [4.69, 9.17) is 4.79 Å². The average molecular weight is 89.4 g/mol. The molecule has 0 aliphatic heterocycles. The molecule has 1 amide bonds. The van der Waals surface area contributed by atoms with Crippen molar-refractivity contribution < 1.29 is 13.1 Å². The minimum absolute atomic E-state index is 0. The molecule has 0 spiro atoms. The largest absolute Gasteiger partial charge is 2.00 e. The second-order valence-electron chi connectivity index (χ2n) is 0.136. The van der Waals surface area contributed by atoms with Crippen LogP contribution in [-0.2, 0) is 4.79 Å². The molecule has 0 radical (unpaired) electrons. The first-order valence-electron chi connectivity index (χ1n) is 0.569. The van der Waals surface area contributed by atoms with Crippen molar-refractivity contribution in [2.45, 2.75) is 0 Å². The van der Waals surface area contributed by atoms with E-state index in [2.05, 4.69) is 5.73 Å². The number of hydrogen-bond donors (Lipinski definition) is 1. The molecule has 0 rings (SSSR count). The van der Waals surface area contributed by atoms with E-state index in [-0.39, 0.29) is 37.8 Å². The summed E-state index contributed by atoms with van der Waals surface area (Å²) in [6.07, 6.45) is 0.250. The summed E-state index contributed by atoms with van der Waals surface area (Å²) in [5.41, 5.74) is 4.17. The SMILES string of the molecule is NC=O.O.[H-].[H-].[Mg+2]. The molecule has 0 fully saturated rings. The summed E-state index contributed by atoms with van der Waals surface area (Å²) in [7, 11) is 0. The Morgan fingerprint density at radius 3 is 1.80 bits per heavy atom. The topological polar surface area (TPSA) is 74.6 Å². The van der Waals surface area contributed by atoms with Crippen molar-refractivity contribution in [3.63, 3.8) is 0 Å². The molecular weight excluding hydrogens is 82.3 g/mol. The van der Waals surface area contributed by atoms with Crippen molar-refractivity contribution >= 4 is 29.5 Å². The van der Waals surface area contributed by atoms with Crippen molar-refractivity contribution in [3.8, 4) is 0 Å². The number of amides is 1. The first-order valence-corrected chi connectivity index (χ1v) is 0.569. The Kier molecular flexibility index (Phi) is 114. The van der Waals surface area contributed by atoms with Gasteiger partial charge in [-0.05, 0) is 0 Å². The minimum atomic E-state index is 0. The zero-order valence-electron chi connectivity index (χ0n) is 4.77. The smallest absolute Gasteiger partial charge is 1.00 e. The van der Waals surface area contributed by atoms with E-state index in [0.29, 0.717) is 0 Å². The Morgan fingerprint density at radius 2 is 1.80 bits per heavy atom. The van der Waals surface area contributed by atoms with Crippen LogP contribution in [0.2, 0.25) is 0 Å². The molecule has 0 bridgehead atoms. The number of rotatable bonds is 0. The van der Waals surface area contributed by atoms with Crippen LogP contribution in [0.25, 0.3) is 0 Å². The van der Waals surface area contributed by atoms with E-state index in [1.54, 1.807) is 0 Å². The van der Waals surface area contributed by atoms with Gasteiger partial charge in [0, 0.05) is 0 Å². The number of nitrogens with two attached hydrogens (primary N) is 1. The molecule has 30 valence electrons. The fourth-order valence-electron chi connectivity index (χ4n) is 0. The Labute approximate surface area is 49.0 Å². The van der Waals surface area contributed by atoms with E-state index >= 15 is 0 Å². The summed E-state index contributed by atoms with van der Waals surface area (Å²) < 4.78 is 0. The molecule has 5 heavy (non-hydrogen) atoms. The summed E-state index contributed by atoms with van der Waals surface area (Å²) >= 11 is 0. The fourth-order valence-corrected chi connectivity index (χ4v) is 0. The molecule has 0 aliphatic carbocycles. The van der Waals surface area contributed by atoms with Crippen LogP contribution < -0.4 is 5.73 Å². The van der Waals surface area contributed by atoms with Crippen molar-refractivity contribution in [2.75, 3.05) is 0 Å². The van der Waals surface area contributed by atoms with Gasteiger partial charge in [-0.1, -0.05) is 0 Å². The molecule has 0 aromatic rings. The van der Waals surface area contributed by atoms with E-state index < -0.39 is 0 Å². The predicted molar refractivity (Wildman–Crippen MR) is 21.8 cm³/mol. The Hall–Kier alpha value is 0.196. The quantitative estimate of drug-likeness (QED) is 0.274. The van der Waals surface area contributed by atoms with Crippen LogP contribution in [-0.4, -0.2) is 34.9 Å². The van der Waals surface area contributed by atoms with Gasteiger partial charge in [-0.2, -0.15) is 0 Å². The number of hydrogen-bond acceptors (Lipinski definition) is 1. The normalized spacial score (nSPS) is 2.40. The summed E-state index contributed by atoms with van der Waals surface area (Å²) in [4.78, 5) is 8.58. The van der Waals surface area contributed by atoms with Gasteiger partial charge in [0.15, 0.2) is 0 Å². The number of carbonyl (C=O) groups is 1. The monoisotopic (exact) mass is 89.0 g/mol. The third-order valence-corrected chi connectivity index (χ3v) is 0. The van der Waals surface area contributed by atoms with Gasteiger partial charge in [0.05, 0.1) is 0 Å². The van der Waals surface area contributed by atoms with Crippen molar-refractivity contribution in [3.05, 3.63) is 0 Å².